The number of anilines is 1. The van der Waals surface area contributed by atoms with E-state index in [1.807, 2.05) is 34.6 Å². The van der Waals surface area contributed by atoms with E-state index in [4.69, 9.17) is 35.3 Å². The smallest absolute Gasteiger partial charge is 0.408 e. The summed E-state index contributed by atoms with van der Waals surface area (Å²) in [6.07, 6.45) is 2.80. The predicted molar refractivity (Wildman–Crippen MR) is 206 cm³/mol. The van der Waals surface area contributed by atoms with E-state index in [9.17, 15) is 24.3 Å². The van der Waals surface area contributed by atoms with Crippen LogP contribution < -0.4 is 25.4 Å². The highest BCUT2D eigenvalue weighted by molar-refractivity contribution is 6.36. The van der Waals surface area contributed by atoms with Gasteiger partial charge in [-0.2, -0.15) is 0 Å². The third kappa shape index (κ3) is 7.69. The second-order valence-corrected chi connectivity index (χ2v) is 17.2. The Balaban J connectivity index is 1.20. The number of benzene rings is 1. The van der Waals surface area contributed by atoms with Crippen LogP contribution in [0.25, 0.3) is 22.3 Å². The van der Waals surface area contributed by atoms with E-state index in [1.165, 1.54) is 18.1 Å². The molecule has 1 aromatic carbocycles. The lowest BCUT2D eigenvalue weighted by Crippen LogP contribution is -2.59. The summed E-state index contributed by atoms with van der Waals surface area (Å²) in [5.41, 5.74) is -1.19. The first kappa shape index (κ1) is 39.2. The molecule has 3 aliphatic carbocycles. The minimum Gasteiger partial charge on any atom is -0.495 e. The molecule has 7 rings (SSSR count). The minimum absolute atomic E-state index is 0.00758. The van der Waals surface area contributed by atoms with Crippen LogP contribution in [0.4, 0.5) is 10.7 Å². The molecule has 3 aromatic rings. The van der Waals surface area contributed by atoms with Crippen molar-refractivity contribution in [2.24, 2.45) is 23.2 Å². The number of fused-ring (bicyclic) bond motifs is 2. The number of pyridine rings is 1. The lowest BCUT2D eigenvalue weighted by Gasteiger charge is -2.35. The van der Waals surface area contributed by atoms with Crippen LogP contribution in [0.1, 0.15) is 66.7 Å². The molecule has 3 amide bonds. The number of amides is 3. The van der Waals surface area contributed by atoms with Crippen molar-refractivity contribution in [2.75, 3.05) is 19.0 Å². The van der Waals surface area contributed by atoms with E-state index in [1.54, 1.807) is 24.3 Å². The number of hydrogen-bond donors (Lipinski definition) is 4. The van der Waals surface area contributed by atoms with Gasteiger partial charge in [-0.25, -0.2) is 14.6 Å². The van der Waals surface area contributed by atoms with Crippen LogP contribution in [0.5, 0.6) is 11.5 Å². The quantitative estimate of drug-likeness (QED) is 0.152. The molecule has 1 aliphatic heterocycles. The van der Waals surface area contributed by atoms with Crippen molar-refractivity contribution in [3.8, 4) is 22.9 Å². The van der Waals surface area contributed by atoms with E-state index in [2.05, 4.69) is 27.7 Å². The summed E-state index contributed by atoms with van der Waals surface area (Å²) in [6.45, 7) is 13.0. The molecule has 3 heterocycles. The van der Waals surface area contributed by atoms with E-state index < -0.39 is 58.9 Å². The number of halogens is 1. The van der Waals surface area contributed by atoms with Gasteiger partial charge in [0.1, 0.15) is 52.0 Å². The Labute approximate surface area is 329 Å². The number of aliphatic carboxylic acids is 1. The summed E-state index contributed by atoms with van der Waals surface area (Å²) < 4.78 is 23.4. The maximum atomic E-state index is 14.6. The highest BCUT2D eigenvalue weighted by Gasteiger charge is 2.61. The lowest BCUT2D eigenvalue weighted by atomic mass is 9.85. The number of hydrogen-bond acceptors (Lipinski definition) is 11. The van der Waals surface area contributed by atoms with E-state index in [0.717, 1.165) is 19.3 Å². The Morgan fingerprint density at radius 1 is 1.07 bits per heavy atom. The number of aromatic nitrogens is 2. The zero-order valence-corrected chi connectivity index (χ0v) is 33.1. The zero-order chi connectivity index (χ0) is 40.3. The number of rotatable bonds is 13. The summed E-state index contributed by atoms with van der Waals surface area (Å²) >= 11 is 6.79. The van der Waals surface area contributed by atoms with Gasteiger partial charge in [0.2, 0.25) is 17.7 Å². The first-order valence-corrected chi connectivity index (χ1v) is 19.4. The fourth-order valence-corrected chi connectivity index (χ4v) is 8.37. The van der Waals surface area contributed by atoms with Crippen molar-refractivity contribution in [2.45, 2.75) is 103 Å². The molecule has 0 spiro atoms. The van der Waals surface area contributed by atoms with Crippen molar-refractivity contribution in [3.05, 3.63) is 41.9 Å². The molecule has 2 aromatic heterocycles. The Morgan fingerprint density at radius 3 is 2.43 bits per heavy atom. The van der Waals surface area contributed by atoms with E-state index in [-0.39, 0.29) is 36.6 Å². The van der Waals surface area contributed by atoms with E-state index >= 15 is 0 Å². The summed E-state index contributed by atoms with van der Waals surface area (Å²) in [6, 6.07) is 4.68. The van der Waals surface area contributed by atoms with Gasteiger partial charge in [-0.05, 0) is 68.9 Å². The number of nitrogens with one attached hydrogen (secondary N) is 3. The Hall–Kier alpha value is -5.05. The van der Waals surface area contributed by atoms with Gasteiger partial charge in [-0.1, -0.05) is 43.6 Å². The summed E-state index contributed by atoms with van der Waals surface area (Å²) in [5.74, 6) is -0.493. The zero-order valence-electron chi connectivity index (χ0n) is 32.4. The summed E-state index contributed by atoms with van der Waals surface area (Å²) in [5, 5.41) is 23.8. The van der Waals surface area contributed by atoms with Gasteiger partial charge in [0.05, 0.1) is 24.9 Å². The first-order valence-electron chi connectivity index (χ1n) is 19.0. The fraction of sp³-hybridized carbons (Fsp3) is 0.550. The Morgan fingerprint density at radius 2 is 1.80 bits per heavy atom. The number of nitrogens with zero attached hydrogens (tertiary/aromatic N) is 3. The average Bonchev–Trinajstić information content (AvgIpc) is 3.80. The molecular weight excluding hydrogens is 744 g/mol. The van der Waals surface area contributed by atoms with Crippen molar-refractivity contribution in [1.82, 2.24) is 25.7 Å². The number of alkyl carbamates (subject to hydrolysis) is 1. The van der Waals surface area contributed by atoms with Gasteiger partial charge in [-0.15, -0.1) is 6.58 Å². The minimum atomic E-state index is -1.53. The van der Waals surface area contributed by atoms with Crippen LogP contribution in [0.15, 0.2) is 41.4 Å². The second kappa shape index (κ2) is 14.8. The molecule has 3 saturated carbocycles. The normalized spacial score (nSPS) is 27.0. The molecule has 8 atom stereocenters. The molecule has 4 fully saturated rings. The van der Waals surface area contributed by atoms with Crippen molar-refractivity contribution >= 4 is 52.3 Å². The van der Waals surface area contributed by atoms with Gasteiger partial charge in [0.15, 0.2) is 0 Å². The topological polar surface area (TPSA) is 194 Å². The molecule has 16 heteroatoms. The van der Waals surface area contributed by atoms with Crippen molar-refractivity contribution in [1.29, 1.82) is 0 Å². The van der Waals surface area contributed by atoms with Gasteiger partial charge in [0.25, 0.3) is 0 Å². The maximum absolute atomic E-state index is 14.6. The molecular formula is C40H49ClN6O9. The Kier molecular flexibility index (Phi) is 10.4. The summed E-state index contributed by atoms with van der Waals surface area (Å²) in [7, 11) is 1.49. The van der Waals surface area contributed by atoms with Gasteiger partial charge in [-0.3, -0.25) is 9.59 Å². The average molecular weight is 793 g/mol. The highest BCUT2D eigenvalue weighted by atomic mass is 35.5. The molecule has 0 radical (unpaired) electrons. The highest BCUT2D eigenvalue weighted by Crippen LogP contribution is 2.52. The van der Waals surface area contributed by atoms with Crippen LogP contribution in [0, 0.1) is 23.2 Å². The van der Waals surface area contributed by atoms with Gasteiger partial charge >= 0.3 is 12.1 Å². The summed E-state index contributed by atoms with van der Waals surface area (Å²) in [4.78, 5) is 60.5. The monoisotopic (exact) mass is 792 g/mol. The van der Waals surface area contributed by atoms with Crippen LogP contribution in [-0.4, -0.2) is 93.6 Å². The standard InChI is InChI=1S/C40H49ClN6O9/c1-8-22-17-40(22,37(50)51)45-35(48)28-14-24(18-47(28)36(49)34(39(4,5)6)44-38(52)55-23-12-20-11-21(20)13-23)54-30-15-26(27-16-31(56-46-27)42-19(2)3)43-33-25(30)9-10-29(53-7)32(33)41/h8-10,15-16,19-24,28,34,42H,1,11-14,17-18H2,2-7H3,(H,44,52)(H,45,48)(H,50,51)/t20-,21+,22-,23+,24-,28?,34-,40-/m1/s1. The fourth-order valence-electron chi connectivity index (χ4n) is 8.09. The number of carboxylic acid groups (broad SMARTS) is 1. The molecule has 4 N–H and O–H groups in total. The van der Waals surface area contributed by atoms with Gasteiger partial charge < -0.3 is 44.7 Å². The lowest BCUT2D eigenvalue weighted by molar-refractivity contribution is -0.146. The predicted octanol–water partition coefficient (Wildman–Crippen LogP) is 5.81. The molecule has 15 nitrogen and oxygen atoms in total. The number of carbonyl (C=O) groups excluding carboxylic acids is 3. The molecule has 300 valence electrons. The number of ether oxygens (including phenoxy) is 3. The van der Waals surface area contributed by atoms with Crippen LogP contribution in [0.3, 0.4) is 0 Å². The van der Waals surface area contributed by atoms with Gasteiger partial charge in [0, 0.05) is 35.9 Å². The largest absolute Gasteiger partial charge is 0.495 e. The molecule has 56 heavy (non-hydrogen) atoms. The van der Waals surface area contributed by atoms with Crippen LogP contribution in [-0.2, 0) is 19.1 Å². The Bertz CT molecular complexity index is 2050. The van der Waals surface area contributed by atoms with Crippen molar-refractivity contribution < 1.29 is 43.0 Å². The SMILES string of the molecule is C=C[C@@H]1C[C@]1(NC(=O)C1C[C@@H](Oc2cc(-c3cc(NC(C)C)on3)nc3c(Cl)c(OC)ccc23)CN1C(=O)[C@@H](NC(=O)O[C@@H]1C[C@@H]2C[C@@H]2C1)C(C)(C)C)C(=O)O. The number of methoxy groups -OCH3 is 1. The second-order valence-electron chi connectivity index (χ2n) is 16.9. The molecule has 0 bridgehead atoms. The number of carbonyl (C=O) groups is 4. The number of carboxylic acids is 1. The van der Waals surface area contributed by atoms with Crippen LogP contribution in [0.2, 0.25) is 5.02 Å². The van der Waals surface area contributed by atoms with Crippen molar-refractivity contribution in [3.63, 3.8) is 0 Å². The first-order chi connectivity index (χ1) is 26.5. The molecule has 1 unspecified atom stereocenters. The third-order valence-corrected chi connectivity index (χ3v) is 11.7. The maximum Gasteiger partial charge on any atom is 0.408 e. The third-order valence-electron chi connectivity index (χ3n) is 11.3. The molecule has 4 aliphatic rings. The van der Waals surface area contributed by atoms with Crippen LogP contribution >= 0.6 is 11.6 Å². The number of likely N-dealkylation sites (tertiary alicyclic amines) is 1. The molecule has 1 saturated heterocycles. The van der Waals surface area contributed by atoms with E-state index in [0.29, 0.717) is 51.5 Å².